The summed E-state index contributed by atoms with van der Waals surface area (Å²) in [5.74, 6) is 0. The van der Waals surface area contributed by atoms with E-state index in [9.17, 15) is 9.59 Å². The first kappa shape index (κ1) is 22.0. The first-order valence-corrected chi connectivity index (χ1v) is 13.1. The van der Waals surface area contributed by atoms with Gasteiger partial charge >= 0.3 is 0 Å². The monoisotopic (exact) mass is 505 g/mol. The number of hydrogen-bond acceptors (Lipinski definition) is 3. The SMILES string of the molecule is Cc1cc(C)c(-n2c3ccccc3c3cc4c(cc32)c(=O)c2cncc3c(=O)c5ccccc5n4c32)c(C)c1. The number of para-hydroxylation sites is 2. The van der Waals surface area contributed by atoms with Gasteiger partial charge in [0.2, 0.25) is 0 Å². The van der Waals surface area contributed by atoms with Crippen molar-refractivity contribution in [1.82, 2.24) is 14.0 Å². The van der Waals surface area contributed by atoms with Crippen LogP contribution in [0.2, 0.25) is 0 Å². The van der Waals surface area contributed by atoms with Gasteiger partial charge in [0.1, 0.15) is 0 Å². The van der Waals surface area contributed by atoms with Gasteiger partial charge in [-0.2, -0.15) is 0 Å². The predicted octanol–water partition coefficient (Wildman–Crippen LogP) is 6.97. The van der Waals surface area contributed by atoms with E-state index in [1.807, 2.05) is 30.3 Å². The fraction of sp³-hybridized carbons (Fsp3) is 0.0882. The zero-order valence-electron chi connectivity index (χ0n) is 21.7. The highest BCUT2D eigenvalue weighted by atomic mass is 16.1. The van der Waals surface area contributed by atoms with Gasteiger partial charge in [-0.3, -0.25) is 14.6 Å². The molecule has 0 unspecified atom stereocenters. The first-order chi connectivity index (χ1) is 18.9. The Labute approximate surface area is 222 Å². The number of rotatable bonds is 1. The second kappa shape index (κ2) is 7.51. The second-order valence-electron chi connectivity index (χ2n) is 10.6. The number of fused-ring (bicyclic) bond motifs is 7. The van der Waals surface area contributed by atoms with Gasteiger partial charge in [-0.05, 0) is 62.2 Å². The number of pyridine rings is 3. The average molecular weight is 506 g/mol. The number of nitrogens with zero attached hydrogens (tertiary/aromatic N) is 3. The lowest BCUT2D eigenvalue weighted by molar-refractivity contribution is 1.11. The van der Waals surface area contributed by atoms with Crippen LogP contribution in [0.5, 0.6) is 0 Å². The molecule has 186 valence electrons. The van der Waals surface area contributed by atoms with Crippen molar-refractivity contribution in [2.75, 3.05) is 0 Å². The van der Waals surface area contributed by atoms with Crippen LogP contribution in [0, 0.1) is 20.8 Å². The molecule has 4 heterocycles. The van der Waals surface area contributed by atoms with Gasteiger partial charge in [0.25, 0.3) is 0 Å². The molecule has 0 bridgehead atoms. The number of hydrogen-bond donors (Lipinski definition) is 0. The molecule has 0 radical (unpaired) electrons. The van der Waals surface area contributed by atoms with Gasteiger partial charge in [-0.25, -0.2) is 0 Å². The average Bonchev–Trinajstić information content (AvgIpc) is 3.24. The number of aromatic nitrogens is 3. The minimum absolute atomic E-state index is 0.106. The summed E-state index contributed by atoms with van der Waals surface area (Å²) in [7, 11) is 0. The molecule has 8 rings (SSSR count). The van der Waals surface area contributed by atoms with E-state index in [-0.39, 0.29) is 10.9 Å². The molecule has 5 heteroatoms. The third kappa shape index (κ3) is 2.76. The van der Waals surface area contributed by atoms with Crippen LogP contribution >= 0.6 is 0 Å². The highest BCUT2D eigenvalue weighted by Crippen LogP contribution is 2.37. The molecular weight excluding hydrogens is 482 g/mol. The van der Waals surface area contributed by atoms with Crippen LogP contribution in [0.1, 0.15) is 16.7 Å². The van der Waals surface area contributed by atoms with Crippen molar-refractivity contribution in [2.24, 2.45) is 0 Å². The lowest BCUT2D eigenvalue weighted by atomic mass is 10.0. The van der Waals surface area contributed by atoms with Crippen LogP contribution in [0.25, 0.3) is 65.6 Å². The van der Waals surface area contributed by atoms with Crippen molar-refractivity contribution >= 4 is 59.9 Å². The summed E-state index contributed by atoms with van der Waals surface area (Å²) in [6.07, 6.45) is 3.17. The molecule has 0 atom stereocenters. The molecule has 0 aliphatic heterocycles. The molecule has 0 saturated heterocycles. The zero-order valence-corrected chi connectivity index (χ0v) is 21.7. The lowest BCUT2D eigenvalue weighted by Crippen LogP contribution is -2.14. The molecule has 0 spiro atoms. The lowest BCUT2D eigenvalue weighted by Gasteiger charge is -2.17. The minimum atomic E-state index is -0.117. The van der Waals surface area contributed by atoms with E-state index in [4.69, 9.17) is 0 Å². The van der Waals surface area contributed by atoms with Gasteiger partial charge in [0.15, 0.2) is 10.9 Å². The smallest absolute Gasteiger partial charge is 0.198 e. The Hall–Kier alpha value is -5.03. The van der Waals surface area contributed by atoms with Gasteiger partial charge in [0, 0.05) is 33.9 Å². The van der Waals surface area contributed by atoms with E-state index in [1.54, 1.807) is 12.4 Å². The van der Waals surface area contributed by atoms with Crippen molar-refractivity contribution in [3.8, 4) is 5.69 Å². The Morgan fingerprint density at radius 2 is 1.15 bits per heavy atom. The molecule has 8 aromatic rings. The molecule has 4 aromatic heterocycles. The summed E-state index contributed by atoms with van der Waals surface area (Å²) in [5, 5.41) is 4.29. The first-order valence-electron chi connectivity index (χ1n) is 13.1. The largest absolute Gasteiger partial charge is 0.309 e. The van der Waals surface area contributed by atoms with Gasteiger partial charge in [-0.1, -0.05) is 48.0 Å². The minimum Gasteiger partial charge on any atom is -0.309 e. The quantitative estimate of drug-likeness (QED) is 0.179. The van der Waals surface area contributed by atoms with E-state index in [0.29, 0.717) is 27.1 Å². The maximum absolute atomic E-state index is 14.1. The number of benzene rings is 4. The van der Waals surface area contributed by atoms with Crippen LogP contribution in [0.15, 0.2) is 94.8 Å². The third-order valence-corrected chi connectivity index (χ3v) is 8.15. The van der Waals surface area contributed by atoms with Crippen molar-refractivity contribution in [2.45, 2.75) is 20.8 Å². The molecule has 0 amide bonds. The van der Waals surface area contributed by atoms with Crippen molar-refractivity contribution in [1.29, 1.82) is 0 Å². The molecule has 4 aromatic carbocycles. The Morgan fingerprint density at radius 3 is 1.87 bits per heavy atom. The maximum Gasteiger partial charge on any atom is 0.198 e. The van der Waals surface area contributed by atoms with E-state index in [2.05, 4.69) is 77.2 Å². The van der Waals surface area contributed by atoms with Crippen LogP contribution in [0.3, 0.4) is 0 Å². The van der Waals surface area contributed by atoms with E-state index in [0.717, 1.165) is 38.5 Å². The van der Waals surface area contributed by atoms with E-state index >= 15 is 0 Å². The third-order valence-electron chi connectivity index (χ3n) is 8.15. The topological polar surface area (TPSA) is 56.4 Å². The molecular formula is C34H23N3O2. The maximum atomic E-state index is 14.1. The summed E-state index contributed by atoms with van der Waals surface area (Å²) in [5.41, 5.74) is 8.76. The normalized spacial score (nSPS) is 12.2. The molecule has 0 N–H and O–H groups in total. The molecule has 0 aliphatic rings. The second-order valence-corrected chi connectivity index (χ2v) is 10.6. The fourth-order valence-corrected chi connectivity index (χ4v) is 6.69. The Kier molecular flexibility index (Phi) is 4.24. The van der Waals surface area contributed by atoms with Crippen molar-refractivity contribution in [3.05, 3.63) is 122 Å². The zero-order chi connectivity index (χ0) is 26.6. The van der Waals surface area contributed by atoms with Crippen LogP contribution < -0.4 is 10.9 Å². The van der Waals surface area contributed by atoms with Crippen molar-refractivity contribution < 1.29 is 0 Å². The Bertz CT molecular complexity index is 2440. The Morgan fingerprint density at radius 1 is 0.564 bits per heavy atom. The molecule has 39 heavy (non-hydrogen) atoms. The molecule has 0 saturated carbocycles. The van der Waals surface area contributed by atoms with Crippen LogP contribution in [0.4, 0.5) is 0 Å². The molecule has 0 aliphatic carbocycles. The Balaban J connectivity index is 1.68. The summed E-state index contributed by atoms with van der Waals surface area (Å²) in [4.78, 5) is 31.8. The fourth-order valence-electron chi connectivity index (χ4n) is 6.69. The number of aryl methyl sites for hydroxylation is 3. The van der Waals surface area contributed by atoms with Crippen LogP contribution in [-0.4, -0.2) is 14.0 Å². The van der Waals surface area contributed by atoms with E-state index < -0.39 is 0 Å². The van der Waals surface area contributed by atoms with Crippen LogP contribution in [-0.2, 0) is 0 Å². The standard InChI is InChI=1S/C34H23N3O2/c1-18-12-19(2)31(20(3)13-18)36-27-10-6-4-8-21(27)23-14-30-24(15-29(23)36)34(39)26-17-35-16-25-32(26)37(30)28-11-7-5-9-22(28)33(25)38/h4-17H,1-3H3. The summed E-state index contributed by atoms with van der Waals surface area (Å²) in [6.45, 7) is 6.40. The molecule has 0 fully saturated rings. The van der Waals surface area contributed by atoms with Gasteiger partial charge in [0.05, 0.1) is 44.0 Å². The highest BCUT2D eigenvalue weighted by molar-refractivity contribution is 6.16. The highest BCUT2D eigenvalue weighted by Gasteiger charge is 2.21. The predicted molar refractivity (Wildman–Crippen MR) is 160 cm³/mol. The summed E-state index contributed by atoms with van der Waals surface area (Å²) < 4.78 is 4.37. The molecule has 5 nitrogen and oxygen atoms in total. The van der Waals surface area contributed by atoms with Crippen molar-refractivity contribution in [3.63, 3.8) is 0 Å². The summed E-state index contributed by atoms with van der Waals surface area (Å²) >= 11 is 0. The van der Waals surface area contributed by atoms with Gasteiger partial charge < -0.3 is 8.97 Å². The summed E-state index contributed by atoms with van der Waals surface area (Å²) in [6, 6.07) is 24.6. The van der Waals surface area contributed by atoms with Gasteiger partial charge in [-0.15, -0.1) is 0 Å². The van der Waals surface area contributed by atoms with E-state index in [1.165, 1.54) is 16.7 Å².